The third-order valence-electron chi connectivity index (χ3n) is 8.97. The Morgan fingerprint density at radius 3 is 1.89 bits per heavy atom. The first-order valence-electron chi connectivity index (χ1n) is 15.3. The monoisotopic (exact) mass is 580 g/mol. The standard InChI is InChI=1S/C40H28N4O/c1-25-21-22-31(40-42-38(26-13-5-2-6-14-26)41-39(43-40)27-15-7-3-8-16-27)37-34(25)30-23-24-33-35(36(30)45-37)29-19-11-12-20-32(29)44(33)28-17-9-4-10-18-28/h2-24,30,36H,1H3. The van der Waals surface area contributed by atoms with Gasteiger partial charge in [-0.25, -0.2) is 15.0 Å². The number of hydrogen-bond donors (Lipinski definition) is 0. The third kappa shape index (κ3) is 4.05. The minimum Gasteiger partial charge on any atom is -0.484 e. The van der Waals surface area contributed by atoms with E-state index in [1.54, 1.807) is 0 Å². The second kappa shape index (κ2) is 10.1. The van der Waals surface area contributed by atoms with E-state index in [1.807, 2.05) is 60.7 Å². The van der Waals surface area contributed by atoms with Crippen LogP contribution in [-0.4, -0.2) is 19.5 Å². The van der Waals surface area contributed by atoms with Crippen LogP contribution in [0.5, 0.6) is 5.75 Å². The molecule has 2 unspecified atom stereocenters. The zero-order valence-electron chi connectivity index (χ0n) is 24.6. The molecular weight excluding hydrogens is 552 g/mol. The van der Waals surface area contributed by atoms with Gasteiger partial charge >= 0.3 is 0 Å². The SMILES string of the molecule is Cc1ccc(-c2nc(-c3ccccc3)nc(-c3ccccc3)n2)c2c1C1C=Cc3c(c4ccccc4n3-c3ccccc3)C1O2. The lowest BCUT2D eigenvalue weighted by atomic mass is 9.83. The summed E-state index contributed by atoms with van der Waals surface area (Å²) in [6.07, 6.45) is 4.42. The molecular formula is C40H28N4O. The number of aryl methyl sites for hydroxylation is 1. The summed E-state index contributed by atoms with van der Waals surface area (Å²) in [5, 5.41) is 1.21. The van der Waals surface area contributed by atoms with Crippen LogP contribution in [0.25, 0.3) is 56.8 Å². The van der Waals surface area contributed by atoms with Crippen LogP contribution in [0.1, 0.15) is 34.4 Å². The van der Waals surface area contributed by atoms with Gasteiger partial charge in [0.2, 0.25) is 0 Å². The number of hydrogen-bond acceptors (Lipinski definition) is 4. The Balaban J connectivity index is 1.23. The second-order valence-electron chi connectivity index (χ2n) is 11.6. The van der Waals surface area contributed by atoms with Crippen LogP contribution in [0.15, 0.2) is 133 Å². The van der Waals surface area contributed by atoms with E-state index in [9.17, 15) is 0 Å². The van der Waals surface area contributed by atoms with E-state index in [0.29, 0.717) is 17.5 Å². The van der Waals surface area contributed by atoms with Gasteiger partial charge in [0.15, 0.2) is 17.5 Å². The van der Waals surface area contributed by atoms with Crippen LogP contribution in [0.4, 0.5) is 0 Å². The Kier molecular flexibility index (Phi) is 5.78. The Morgan fingerprint density at radius 2 is 1.20 bits per heavy atom. The Hall–Kier alpha value is -5.81. The maximum absolute atomic E-state index is 7.09. The van der Waals surface area contributed by atoms with Gasteiger partial charge in [-0.05, 0) is 42.8 Å². The third-order valence-corrected chi connectivity index (χ3v) is 8.97. The van der Waals surface area contributed by atoms with E-state index in [-0.39, 0.29) is 12.0 Å². The van der Waals surface area contributed by atoms with E-state index >= 15 is 0 Å². The molecule has 0 saturated heterocycles. The van der Waals surface area contributed by atoms with Gasteiger partial charge in [0.25, 0.3) is 0 Å². The van der Waals surface area contributed by atoms with Gasteiger partial charge in [0.05, 0.1) is 16.8 Å². The molecule has 5 aromatic carbocycles. The summed E-state index contributed by atoms with van der Waals surface area (Å²) in [6.45, 7) is 2.17. The number of rotatable bonds is 4. The van der Waals surface area contributed by atoms with E-state index in [4.69, 9.17) is 19.7 Å². The number of para-hydroxylation sites is 2. The van der Waals surface area contributed by atoms with Crippen molar-refractivity contribution in [3.8, 4) is 45.6 Å². The van der Waals surface area contributed by atoms with Crippen LogP contribution in [0.2, 0.25) is 0 Å². The second-order valence-corrected chi connectivity index (χ2v) is 11.6. The number of benzene rings is 5. The Morgan fingerprint density at radius 1 is 0.600 bits per heavy atom. The predicted molar refractivity (Wildman–Crippen MR) is 179 cm³/mol. The fourth-order valence-corrected chi connectivity index (χ4v) is 6.93. The fourth-order valence-electron chi connectivity index (χ4n) is 6.93. The van der Waals surface area contributed by atoms with Crippen molar-refractivity contribution in [2.45, 2.75) is 18.9 Å². The molecule has 45 heavy (non-hydrogen) atoms. The first kappa shape index (κ1) is 25.7. The van der Waals surface area contributed by atoms with Crippen molar-refractivity contribution in [3.05, 3.63) is 156 Å². The highest BCUT2D eigenvalue weighted by atomic mass is 16.5. The maximum atomic E-state index is 7.09. The van der Waals surface area contributed by atoms with Crippen molar-refractivity contribution in [1.29, 1.82) is 0 Å². The summed E-state index contributed by atoms with van der Waals surface area (Å²) in [7, 11) is 0. The molecule has 0 N–H and O–H groups in total. The highest BCUT2D eigenvalue weighted by molar-refractivity contribution is 5.92. The zero-order valence-corrected chi connectivity index (χ0v) is 24.6. The number of fused-ring (bicyclic) bond motifs is 7. The average Bonchev–Trinajstić information content (AvgIpc) is 3.66. The number of nitrogens with zero attached hydrogens (tertiary/aromatic N) is 4. The minimum atomic E-state index is -0.168. The summed E-state index contributed by atoms with van der Waals surface area (Å²) < 4.78 is 9.44. The normalized spacial score (nSPS) is 16.2. The van der Waals surface area contributed by atoms with Crippen molar-refractivity contribution in [3.63, 3.8) is 0 Å². The van der Waals surface area contributed by atoms with Gasteiger partial charge in [-0.1, -0.05) is 109 Å². The molecule has 1 aliphatic heterocycles. The molecule has 2 aromatic heterocycles. The van der Waals surface area contributed by atoms with E-state index < -0.39 is 0 Å². The summed E-state index contributed by atoms with van der Waals surface area (Å²) in [5.41, 5.74) is 9.84. The van der Waals surface area contributed by atoms with Crippen molar-refractivity contribution in [2.24, 2.45) is 0 Å². The molecule has 0 radical (unpaired) electrons. The molecule has 0 bridgehead atoms. The van der Waals surface area contributed by atoms with Crippen molar-refractivity contribution in [2.75, 3.05) is 0 Å². The topological polar surface area (TPSA) is 52.8 Å². The molecule has 7 aromatic rings. The first-order chi connectivity index (χ1) is 22.2. The lowest BCUT2D eigenvalue weighted by molar-refractivity contribution is 0.225. The number of aromatic nitrogens is 4. The zero-order chi connectivity index (χ0) is 29.9. The molecule has 5 nitrogen and oxygen atoms in total. The number of ether oxygens (including phenoxy) is 1. The van der Waals surface area contributed by atoms with Crippen LogP contribution in [0, 0.1) is 6.92 Å². The van der Waals surface area contributed by atoms with Crippen LogP contribution in [0.3, 0.4) is 0 Å². The maximum Gasteiger partial charge on any atom is 0.167 e. The predicted octanol–water partition coefficient (Wildman–Crippen LogP) is 9.37. The summed E-state index contributed by atoms with van der Waals surface area (Å²) in [6, 6.07) is 43.6. The average molecular weight is 581 g/mol. The lowest BCUT2D eigenvalue weighted by Crippen LogP contribution is -2.13. The summed E-state index contributed by atoms with van der Waals surface area (Å²) in [5.74, 6) is 2.80. The van der Waals surface area contributed by atoms with Gasteiger partial charge in [-0.2, -0.15) is 0 Å². The van der Waals surface area contributed by atoms with E-state index in [2.05, 4.69) is 90.4 Å². The lowest BCUT2D eigenvalue weighted by Gasteiger charge is -2.22. The smallest absolute Gasteiger partial charge is 0.167 e. The molecule has 9 rings (SSSR count). The Labute approximate surface area is 261 Å². The van der Waals surface area contributed by atoms with Crippen LogP contribution in [-0.2, 0) is 0 Å². The highest BCUT2D eigenvalue weighted by Gasteiger charge is 2.42. The molecule has 214 valence electrons. The van der Waals surface area contributed by atoms with Crippen LogP contribution >= 0.6 is 0 Å². The van der Waals surface area contributed by atoms with Gasteiger partial charge in [0.1, 0.15) is 11.9 Å². The summed E-state index contributed by atoms with van der Waals surface area (Å²) in [4.78, 5) is 15.0. The minimum absolute atomic E-state index is 0.0755. The molecule has 1 aliphatic carbocycles. The van der Waals surface area contributed by atoms with Gasteiger partial charge in [0, 0.05) is 39.2 Å². The molecule has 3 heterocycles. The van der Waals surface area contributed by atoms with Crippen molar-refractivity contribution < 1.29 is 4.74 Å². The molecule has 0 saturated carbocycles. The van der Waals surface area contributed by atoms with Crippen molar-refractivity contribution >= 4 is 17.0 Å². The fraction of sp³-hybridized carbons (Fsp3) is 0.0750. The summed E-state index contributed by atoms with van der Waals surface area (Å²) >= 11 is 0. The largest absolute Gasteiger partial charge is 0.484 e. The highest BCUT2D eigenvalue weighted by Crippen LogP contribution is 2.56. The molecule has 0 spiro atoms. The Bertz CT molecular complexity index is 2200. The quantitative estimate of drug-likeness (QED) is 0.208. The molecule has 0 amide bonds. The van der Waals surface area contributed by atoms with Gasteiger partial charge in [-0.15, -0.1) is 0 Å². The molecule has 2 aliphatic rings. The molecule has 5 heteroatoms. The van der Waals surface area contributed by atoms with Crippen LogP contribution < -0.4 is 4.74 Å². The van der Waals surface area contributed by atoms with Gasteiger partial charge < -0.3 is 9.30 Å². The van der Waals surface area contributed by atoms with Gasteiger partial charge in [-0.3, -0.25) is 0 Å². The molecule has 2 atom stereocenters. The molecule has 0 fully saturated rings. The first-order valence-corrected chi connectivity index (χ1v) is 15.3. The van der Waals surface area contributed by atoms with E-state index in [0.717, 1.165) is 33.8 Å². The van der Waals surface area contributed by atoms with Crippen molar-refractivity contribution in [1.82, 2.24) is 19.5 Å². The van der Waals surface area contributed by atoms with E-state index in [1.165, 1.54) is 27.6 Å².